The number of esters is 1. The second-order valence-electron chi connectivity index (χ2n) is 5.56. The molecule has 3 aromatic rings. The summed E-state index contributed by atoms with van der Waals surface area (Å²) in [5, 5.41) is 14.1. The van der Waals surface area contributed by atoms with Gasteiger partial charge in [-0.05, 0) is 54.1 Å². The summed E-state index contributed by atoms with van der Waals surface area (Å²) in [5.41, 5.74) is 1.93. The van der Waals surface area contributed by atoms with Crippen molar-refractivity contribution in [2.45, 2.75) is 13.8 Å². The summed E-state index contributed by atoms with van der Waals surface area (Å²) in [6.45, 7) is 3.50. The van der Waals surface area contributed by atoms with Crippen molar-refractivity contribution in [3.8, 4) is 11.4 Å². The summed E-state index contributed by atoms with van der Waals surface area (Å²) in [5.74, 6) is -0.328. The lowest BCUT2D eigenvalue weighted by Crippen LogP contribution is -2.21. The normalized spacial score (nSPS) is 10.5. The topological polar surface area (TPSA) is 108 Å². The Bertz CT molecular complexity index is 951. The van der Waals surface area contributed by atoms with Gasteiger partial charge in [0.2, 0.25) is 0 Å². The molecule has 2 heterocycles. The predicted molar refractivity (Wildman–Crippen MR) is 98.4 cm³/mol. The lowest BCUT2D eigenvalue weighted by molar-refractivity contribution is -0.118. The third-order valence-corrected chi connectivity index (χ3v) is 4.97. The Morgan fingerprint density at radius 1 is 1.22 bits per heavy atom. The zero-order valence-corrected chi connectivity index (χ0v) is 15.7. The van der Waals surface area contributed by atoms with Crippen LogP contribution >= 0.6 is 11.3 Å². The van der Waals surface area contributed by atoms with Crippen molar-refractivity contribution < 1.29 is 19.1 Å². The Balaban J connectivity index is 1.62. The van der Waals surface area contributed by atoms with Crippen molar-refractivity contribution in [2.75, 3.05) is 19.0 Å². The van der Waals surface area contributed by atoms with Gasteiger partial charge in [0.1, 0.15) is 17.1 Å². The highest BCUT2D eigenvalue weighted by Crippen LogP contribution is 2.32. The number of benzene rings is 1. The van der Waals surface area contributed by atoms with E-state index in [9.17, 15) is 9.59 Å². The van der Waals surface area contributed by atoms with E-state index >= 15 is 0 Å². The number of methoxy groups -OCH3 is 1. The molecule has 1 amide bonds. The van der Waals surface area contributed by atoms with Crippen LogP contribution in [0, 0.1) is 13.8 Å². The van der Waals surface area contributed by atoms with Crippen LogP contribution in [0.4, 0.5) is 5.00 Å². The van der Waals surface area contributed by atoms with Crippen LogP contribution in [0.1, 0.15) is 20.8 Å². The number of nitrogens with one attached hydrogen (secondary N) is 1. The molecule has 9 nitrogen and oxygen atoms in total. The van der Waals surface area contributed by atoms with Crippen LogP contribution in [0.5, 0.6) is 5.75 Å². The smallest absolute Gasteiger partial charge is 0.341 e. The first-order valence-electron chi connectivity index (χ1n) is 7.94. The summed E-state index contributed by atoms with van der Waals surface area (Å²) >= 11 is 1.33. The van der Waals surface area contributed by atoms with Crippen LogP contribution in [0.3, 0.4) is 0 Å². The summed E-state index contributed by atoms with van der Waals surface area (Å²) in [7, 11) is 1.31. The number of hydrogen-bond donors (Lipinski definition) is 1. The molecule has 1 N–H and O–H groups in total. The van der Waals surface area contributed by atoms with Gasteiger partial charge < -0.3 is 14.8 Å². The van der Waals surface area contributed by atoms with Crippen molar-refractivity contribution in [1.29, 1.82) is 0 Å². The first-order chi connectivity index (χ1) is 13.0. The number of rotatable bonds is 6. The third kappa shape index (κ3) is 4.11. The Hall–Kier alpha value is -3.27. The molecule has 140 valence electrons. The first-order valence-corrected chi connectivity index (χ1v) is 8.75. The van der Waals surface area contributed by atoms with E-state index in [4.69, 9.17) is 9.47 Å². The molecule has 0 aliphatic rings. The number of nitrogens with zero attached hydrogens (tertiary/aromatic N) is 4. The largest absolute Gasteiger partial charge is 0.484 e. The molecule has 0 aliphatic heterocycles. The van der Waals surface area contributed by atoms with Gasteiger partial charge in [-0.3, -0.25) is 4.79 Å². The van der Waals surface area contributed by atoms with Gasteiger partial charge in [-0.2, -0.15) is 0 Å². The fraction of sp³-hybridized carbons (Fsp3) is 0.235. The number of carbonyl (C=O) groups excluding carboxylic acids is 2. The Kier molecular flexibility index (Phi) is 5.46. The molecule has 0 radical (unpaired) electrons. The fourth-order valence-corrected chi connectivity index (χ4v) is 3.41. The van der Waals surface area contributed by atoms with Crippen LogP contribution < -0.4 is 10.1 Å². The Morgan fingerprint density at radius 3 is 2.59 bits per heavy atom. The molecule has 0 saturated heterocycles. The molecule has 0 aliphatic carbocycles. The molecule has 27 heavy (non-hydrogen) atoms. The molecular weight excluding hydrogens is 370 g/mol. The zero-order valence-electron chi connectivity index (χ0n) is 14.9. The average molecular weight is 387 g/mol. The summed E-state index contributed by atoms with van der Waals surface area (Å²) < 4.78 is 11.8. The van der Waals surface area contributed by atoms with E-state index in [-0.39, 0.29) is 12.5 Å². The number of ether oxygens (including phenoxy) is 2. The zero-order chi connectivity index (χ0) is 19.4. The third-order valence-electron chi connectivity index (χ3n) is 3.85. The maximum absolute atomic E-state index is 12.2. The number of aromatic nitrogens is 4. The van der Waals surface area contributed by atoms with Crippen LogP contribution in [0.25, 0.3) is 5.69 Å². The van der Waals surface area contributed by atoms with E-state index < -0.39 is 5.97 Å². The highest BCUT2D eigenvalue weighted by Gasteiger charge is 2.21. The van der Waals surface area contributed by atoms with Crippen LogP contribution in [-0.4, -0.2) is 45.8 Å². The minimum Gasteiger partial charge on any atom is -0.484 e. The molecule has 2 aromatic heterocycles. The maximum atomic E-state index is 12.2. The van der Waals surface area contributed by atoms with E-state index in [2.05, 4.69) is 20.8 Å². The van der Waals surface area contributed by atoms with Crippen LogP contribution in [-0.2, 0) is 9.53 Å². The molecular formula is C17H17N5O4S. The van der Waals surface area contributed by atoms with Gasteiger partial charge in [-0.1, -0.05) is 0 Å². The molecule has 0 fully saturated rings. The van der Waals surface area contributed by atoms with E-state index in [0.717, 1.165) is 16.1 Å². The first kappa shape index (κ1) is 18.5. The molecule has 0 saturated carbocycles. The van der Waals surface area contributed by atoms with Crippen molar-refractivity contribution in [3.63, 3.8) is 0 Å². The van der Waals surface area contributed by atoms with Gasteiger partial charge >= 0.3 is 5.97 Å². The fourth-order valence-electron chi connectivity index (χ4n) is 2.35. The highest BCUT2D eigenvalue weighted by atomic mass is 32.1. The number of aryl methyl sites for hydroxylation is 1. The lowest BCUT2D eigenvalue weighted by Gasteiger charge is -2.08. The van der Waals surface area contributed by atoms with Crippen molar-refractivity contribution in [3.05, 3.63) is 46.6 Å². The van der Waals surface area contributed by atoms with E-state index in [1.165, 1.54) is 29.5 Å². The highest BCUT2D eigenvalue weighted by molar-refractivity contribution is 7.16. The summed E-state index contributed by atoms with van der Waals surface area (Å²) in [4.78, 5) is 25.1. The SMILES string of the molecule is COC(=O)c1c(NC(=O)COc2ccc(-n3cnnn3)cc2)sc(C)c1C. The minimum atomic E-state index is -0.480. The van der Waals surface area contributed by atoms with Crippen molar-refractivity contribution >= 4 is 28.2 Å². The second kappa shape index (κ2) is 7.96. The molecule has 3 rings (SSSR count). The monoisotopic (exact) mass is 387 g/mol. The van der Waals surface area contributed by atoms with E-state index in [0.29, 0.717) is 16.3 Å². The number of tetrazole rings is 1. The van der Waals surface area contributed by atoms with Gasteiger partial charge in [0.05, 0.1) is 18.4 Å². The van der Waals surface area contributed by atoms with E-state index in [1.807, 2.05) is 13.8 Å². The molecule has 0 bridgehead atoms. The maximum Gasteiger partial charge on any atom is 0.341 e. The van der Waals surface area contributed by atoms with Crippen molar-refractivity contribution in [1.82, 2.24) is 20.2 Å². The number of amides is 1. The van der Waals surface area contributed by atoms with Crippen LogP contribution in [0.2, 0.25) is 0 Å². The van der Waals surface area contributed by atoms with Gasteiger partial charge in [0.15, 0.2) is 6.61 Å². The second-order valence-corrected chi connectivity index (χ2v) is 6.79. The number of carbonyl (C=O) groups is 2. The molecule has 0 spiro atoms. The molecule has 0 unspecified atom stereocenters. The molecule has 1 aromatic carbocycles. The van der Waals surface area contributed by atoms with Gasteiger partial charge in [0.25, 0.3) is 5.91 Å². The molecule has 10 heteroatoms. The lowest BCUT2D eigenvalue weighted by atomic mass is 10.1. The number of hydrogen-bond acceptors (Lipinski definition) is 8. The number of anilines is 1. The minimum absolute atomic E-state index is 0.194. The summed E-state index contributed by atoms with van der Waals surface area (Å²) in [6.07, 6.45) is 1.48. The van der Waals surface area contributed by atoms with Gasteiger partial charge in [-0.25, -0.2) is 9.48 Å². The standard InChI is InChI=1S/C17H17N5O4S/c1-10-11(2)27-16(15(10)17(24)25-3)19-14(23)8-26-13-6-4-12(5-7-13)22-9-18-20-21-22/h4-7,9H,8H2,1-3H3,(H,19,23). The molecule has 0 atom stereocenters. The summed E-state index contributed by atoms with van der Waals surface area (Å²) in [6, 6.07) is 6.96. The predicted octanol–water partition coefficient (Wildman–Crippen LogP) is 2.14. The Labute approximate surface area is 158 Å². The number of thiophene rings is 1. The van der Waals surface area contributed by atoms with Crippen LogP contribution in [0.15, 0.2) is 30.6 Å². The van der Waals surface area contributed by atoms with Gasteiger partial charge in [-0.15, -0.1) is 16.4 Å². The average Bonchev–Trinajstić information content (AvgIpc) is 3.29. The van der Waals surface area contributed by atoms with E-state index in [1.54, 1.807) is 24.3 Å². The Morgan fingerprint density at radius 2 is 1.96 bits per heavy atom. The van der Waals surface area contributed by atoms with Crippen molar-refractivity contribution in [2.24, 2.45) is 0 Å². The van der Waals surface area contributed by atoms with Gasteiger partial charge in [0, 0.05) is 4.88 Å². The quantitative estimate of drug-likeness (QED) is 0.646.